The molecule has 2 heterocycles. The van der Waals surface area contributed by atoms with Gasteiger partial charge in [-0.3, -0.25) is 9.89 Å². The van der Waals surface area contributed by atoms with E-state index >= 15 is 0 Å². The van der Waals surface area contributed by atoms with Gasteiger partial charge in [0.15, 0.2) is 5.69 Å². The normalized spacial score (nSPS) is 11.1. The topological polar surface area (TPSA) is 101 Å². The lowest BCUT2D eigenvalue weighted by molar-refractivity contribution is 0.0457. The number of fused-ring (bicyclic) bond motifs is 2. The standard InChI is InChI=1S/C17H11ClN4O3/c18-9-5-6-11-13(7-9)19-14(20-16(11)23)8-25-17(24)15-10-3-1-2-4-12(10)21-22-15/h1-7H,8H2,(H,21,22)(H,19,20,23). The number of para-hydroxylation sites is 1. The molecule has 0 radical (unpaired) electrons. The summed E-state index contributed by atoms with van der Waals surface area (Å²) in [7, 11) is 0. The molecule has 0 spiro atoms. The zero-order valence-electron chi connectivity index (χ0n) is 12.7. The minimum Gasteiger partial charge on any atom is -0.453 e. The Morgan fingerprint density at radius 1 is 1.16 bits per heavy atom. The van der Waals surface area contributed by atoms with Gasteiger partial charge in [-0.25, -0.2) is 9.78 Å². The molecule has 2 aromatic carbocycles. The van der Waals surface area contributed by atoms with Crippen molar-refractivity contribution in [2.75, 3.05) is 0 Å². The molecule has 0 unspecified atom stereocenters. The summed E-state index contributed by atoms with van der Waals surface area (Å²) in [6, 6.07) is 12.0. The molecular formula is C17H11ClN4O3. The van der Waals surface area contributed by atoms with Crippen molar-refractivity contribution in [3.05, 3.63) is 69.4 Å². The Morgan fingerprint density at radius 2 is 2.00 bits per heavy atom. The van der Waals surface area contributed by atoms with Gasteiger partial charge in [0.2, 0.25) is 0 Å². The molecule has 0 atom stereocenters. The van der Waals surface area contributed by atoms with Crippen LogP contribution in [-0.4, -0.2) is 26.1 Å². The number of halogens is 1. The van der Waals surface area contributed by atoms with Crippen molar-refractivity contribution < 1.29 is 9.53 Å². The number of esters is 1. The van der Waals surface area contributed by atoms with Crippen LogP contribution >= 0.6 is 11.6 Å². The third-order valence-corrected chi connectivity index (χ3v) is 3.96. The average Bonchev–Trinajstić information content (AvgIpc) is 3.03. The number of H-pyrrole nitrogens is 2. The van der Waals surface area contributed by atoms with Gasteiger partial charge < -0.3 is 9.72 Å². The summed E-state index contributed by atoms with van der Waals surface area (Å²) in [6.45, 7) is -0.183. The molecule has 2 N–H and O–H groups in total. The smallest absolute Gasteiger partial charge is 0.359 e. The number of carbonyl (C=O) groups excluding carboxylic acids is 1. The highest BCUT2D eigenvalue weighted by Crippen LogP contribution is 2.17. The van der Waals surface area contributed by atoms with E-state index in [2.05, 4.69) is 20.2 Å². The van der Waals surface area contributed by atoms with Crippen molar-refractivity contribution in [1.82, 2.24) is 20.2 Å². The van der Waals surface area contributed by atoms with Gasteiger partial charge in [-0.2, -0.15) is 5.10 Å². The molecule has 0 amide bonds. The summed E-state index contributed by atoms with van der Waals surface area (Å²) in [5, 5.41) is 8.29. The molecule has 25 heavy (non-hydrogen) atoms. The maximum atomic E-state index is 12.3. The fraction of sp³-hybridized carbons (Fsp3) is 0.0588. The number of carbonyl (C=O) groups is 1. The predicted molar refractivity (Wildman–Crippen MR) is 92.6 cm³/mol. The van der Waals surface area contributed by atoms with E-state index in [0.29, 0.717) is 21.3 Å². The molecule has 0 saturated carbocycles. The van der Waals surface area contributed by atoms with E-state index < -0.39 is 5.97 Å². The Labute approximate surface area is 145 Å². The quantitative estimate of drug-likeness (QED) is 0.551. The average molecular weight is 355 g/mol. The fourth-order valence-corrected chi connectivity index (χ4v) is 2.72. The first-order valence-electron chi connectivity index (χ1n) is 7.40. The van der Waals surface area contributed by atoms with E-state index in [4.69, 9.17) is 16.3 Å². The Kier molecular flexibility index (Phi) is 3.70. The van der Waals surface area contributed by atoms with E-state index in [9.17, 15) is 9.59 Å². The van der Waals surface area contributed by atoms with Crippen molar-refractivity contribution >= 4 is 39.4 Å². The maximum absolute atomic E-state index is 12.3. The molecular weight excluding hydrogens is 344 g/mol. The van der Waals surface area contributed by atoms with Crippen LogP contribution in [0, 0.1) is 0 Å². The number of nitrogens with one attached hydrogen (secondary N) is 2. The Bertz CT molecular complexity index is 1170. The first kappa shape index (κ1) is 15.3. The summed E-state index contributed by atoms with van der Waals surface area (Å²) in [5.41, 5.74) is 1.04. The highest BCUT2D eigenvalue weighted by atomic mass is 35.5. The number of rotatable bonds is 3. The van der Waals surface area contributed by atoms with E-state index in [-0.39, 0.29) is 23.7 Å². The van der Waals surface area contributed by atoms with Gasteiger partial charge in [0.05, 0.1) is 16.4 Å². The summed E-state index contributed by atoms with van der Waals surface area (Å²) in [4.78, 5) is 31.2. The van der Waals surface area contributed by atoms with Gasteiger partial charge in [0.1, 0.15) is 12.4 Å². The number of aromatic amines is 2. The second-order valence-electron chi connectivity index (χ2n) is 5.37. The van der Waals surface area contributed by atoms with Crippen molar-refractivity contribution in [2.45, 2.75) is 6.61 Å². The molecule has 4 rings (SSSR count). The summed E-state index contributed by atoms with van der Waals surface area (Å²) in [6.07, 6.45) is 0. The molecule has 0 aliphatic rings. The monoisotopic (exact) mass is 354 g/mol. The molecule has 8 heteroatoms. The molecule has 0 aliphatic heterocycles. The van der Waals surface area contributed by atoms with Crippen LogP contribution in [0.15, 0.2) is 47.3 Å². The zero-order valence-corrected chi connectivity index (χ0v) is 13.5. The first-order valence-corrected chi connectivity index (χ1v) is 7.78. The lowest BCUT2D eigenvalue weighted by atomic mass is 10.2. The van der Waals surface area contributed by atoms with Crippen LogP contribution in [-0.2, 0) is 11.3 Å². The van der Waals surface area contributed by atoms with Crippen LogP contribution in [0.5, 0.6) is 0 Å². The lowest BCUT2D eigenvalue weighted by Crippen LogP contribution is -2.14. The van der Waals surface area contributed by atoms with Gasteiger partial charge in [0, 0.05) is 10.4 Å². The fourth-order valence-electron chi connectivity index (χ4n) is 2.55. The number of ether oxygens (including phenoxy) is 1. The van der Waals surface area contributed by atoms with Crippen molar-refractivity contribution in [1.29, 1.82) is 0 Å². The van der Waals surface area contributed by atoms with Crippen LogP contribution in [0.1, 0.15) is 16.3 Å². The second kappa shape index (κ2) is 6.03. The molecule has 0 saturated heterocycles. The minimum atomic E-state index is -0.605. The number of hydrogen-bond acceptors (Lipinski definition) is 5. The number of nitrogens with zero attached hydrogens (tertiary/aromatic N) is 2. The minimum absolute atomic E-state index is 0.182. The molecule has 0 fully saturated rings. The molecule has 7 nitrogen and oxygen atoms in total. The van der Waals surface area contributed by atoms with Crippen molar-refractivity contribution in [3.63, 3.8) is 0 Å². The van der Waals surface area contributed by atoms with Crippen LogP contribution in [0.4, 0.5) is 0 Å². The zero-order chi connectivity index (χ0) is 17.4. The van der Waals surface area contributed by atoms with Gasteiger partial charge >= 0.3 is 5.97 Å². The van der Waals surface area contributed by atoms with Crippen LogP contribution in [0.2, 0.25) is 5.02 Å². The molecule has 2 aromatic heterocycles. The van der Waals surface area contributed by atoms with E-state index in [1.54, 1.807) is 30.3 Å². The van der Waals surface area contributed by atoms with Crippen LogP contribution in [0.25, 0.3) is 21.8 Å². The molecule has 0 bridgehead atoms. The van der Waals surface area contributed by atoms with E-state index in [0.717, 1.165) is 5.52 Å². The van der Waals surface area contributed by atoms with E-state index in [1.807, 2.05) is 12.1 Å². The maximum Gasteiger partial charge on any atom is 0.359 e. The number of benzene rings is 2. The van der Waals surface area contributed by atoms with Gasteiger partial charge in [-0.05, 0) is 24.3 Å². The molecule has 4 aromatic rings. The SMILES string of the molecule is O=C(OCc1nc2cc(Cl)ccc2c(=O)[nH]1)c1n[nH]c2ccccc12. The van der Waals surface area contributed by atoms with Crippen molar-refractivity contribution in [3.8, 4) is 0 Å². The number of hydrogen-bond donors (Lipinski definition) is 2. The summed E-state index contributed by atoms with van der Waals surface area (Å²) >= 11 is 5.92. The lowest BCUT2D eigenvalue weighted by Gasteiger charge is -2.04. The third-order valence-electron chi connectivity index (χ3n) is 3.72. The van der Waals surface area contributed by atoms with E-state index in [1.165, 1.54) is 0 Å². The largest absolute Gasteiger partial charge is 0.453 e. The van der Waals surface area contributed by atoms with Gasteiger partial charge in [-0.1, -0.05) is 29.8 Å². The van der Waals surface area contributed by atoms with Crippen LogP contribution in [0.3, 0.4) is 0 Å². The van der Waals surface area contributed by atoms with Gasteiger partial charge in [0.25, 0.3) is 5.56 Å². The van der Waals surface area contributed by atoms with Crippen LogP contribution < -0.4 is 5.56 Å². The Hall–Kier alpha value is -3.19. The number of aromatic nitrogens is 4. The Morgan fingerprint density at radius 3 is 2.88 bits per heavy atom. The predicted octanol–water partition coefficient (Wildman–Crippen LogP) is 2.81. The third kappa shape index (κ3) is 2.85. The Balaban J connectivity index is 1.59. The summed E-state index contributed by atoms with van der Waals surface area (Å²) in [5.74, 6) is -0.376. The highest BCUT2D eigenvalue weighted by Gasteiger charge is 2.16. The summed E-state index contributed by atoms with van der Waals surface area (Å²) < 4.78 is 5.23. The first-order chi connectivity index (χ1) is 12.1. The molecule has 124 valence electrons. The highest BCUT2D eigenvalue weighted by molar-refractivity contribution is 6.31. The molecule has 0 aliphatic carbocycles. The van der Waals surface area contributed by atoms with Gasteiger partial charge in [-0.15, -0.1) is 0 Å². The van der Waals surface area contributed by atoms with Crippen molar-refractivity contribution in [2.24, 2.45) is 0 Å². The second-order valence-corrected chi connectivity index (χ2v) is 5.80.